The molecule has 0 N–H and O–H groups in total. The largest absolute Gasteiger partial charge is 0.374 e. The number of rotatable bonds is 5. The Kier molecular flexibility index (Phi) is 4.83. The summed E-state index contributed by atoms with van der Waals surface area (Å²) in [5.41, 5.74) is 4.02. The van der Waals surface area contributed by atoms with Gasteiger partial charge in [-0.25, -0.2) is 0 Å². The van der Waals surface area contributed by atoms with Gasteiger partial charge in [0.1, 0.15) is 0 Å². The van der Waals surface area contributed by atoms with E-state index in [2.05, 4.69) is 45.9 Å². The zero-order valence-corrected chi connectivity index (χ0v) is 10.3. The Hall–Kier alpha value is -0.820. The van der Waals surface area contributed by atoms with Crippen LogP contribution in [0.5, 0.6) is 0 Å². The van der Waals surface area contributed by atoms with E-state index in [1.54, 1.807) is 0 Å². The zero-order valence-electron chi connectivity index (χ0n) is 10.3. The average molecular weight is 206 g/mol. The molecule has 0 aromatic heterocycles. The van der Waals surface area contributed by atoms with Crippen molar-refractivity contribution in [2.75, 3.05) is 6.61 Å². The SMILES string of the molecule is CCCCOC(C)c1c(C)cccc1C. The highest BCUT2D eigenvalue weighted by molar-refractivity contribution is 5.35. The van der Waals surface area contributed by atoms with Gasteiger partial charge in [0.05, 0.1) is 6.10 Å². The van der Waals surface area contributed by atoms with Crippen LogP contribution in [0.2, 0.25) is 0 Å². The van der Waals surface area contributed by atoms with E-state index in [1.165, 1.54) is 23.1 Å². The first-order valence-electron chi connectivity index (χ1n) is 5.84. The normalized spacial score (nSPS) is 12.8. The standard InChI is InChI=1S/C14H22O/c1-5-6-10-15-13(4)14-11(2)8-7-9-12(14)3/h7-9,13H,5-6,10H2,1-4H3. The Morgan fingerprint density at radius 3 is 2.33 bits per heavy atom. The van der Waals surface area contributed by atoms with E-state index in [0.29, 0.717) is 0 Å². The summed E-state index contributed by atoms with van der Waals surface area (Å²) in [6.45, 7) is 9.51. The van der Waals surface area contributed by atoms with Crippen molar-refractivity contribution in [2.45, 2.75) is 46.6 Å². The van der Waals surface area contributed by atoms with E-state index in [4.69, 9.17) is 4.74 Å². The predicted molar refractivity (Wildman–Crippen MR) is 65.2 cm³/mol. The highest BCUT2D eigenvalue weighted by Gasteiger charge is 2.10. The molecule has 1 aromatic carbocycles. The molecular weight excluding hydrogens is 184 g/mol. The minimum atomic E-state index is 0.220. The molecular formula is C14H22O. The molecule has 1 atom stereocenters. The molecule has 0 bridgehead atoms. The summed E-state index contributed by atoms with van der Waals surface area (Å²) in [7, 11) is 0. The molecule has 1 nitrogen and oxygen atoms in total. The first-order chi connectivity index (χ1) is 7.16. The van der Waals surface area contributed by atoms with Crippen LogP contribution in [0, 0.1) is 13.8 Å². The highest BCUT2D eigenvalue weighted by atomic mass is 16.5. The van der Waals surface area contributed by atoms with Crippen molar-refractivity contribution in [3.63, 3.8) is 0 Å². The second kappa shape index (κ2) is 5.92. The molecule has 0 radical (unpaired) electrons. The molecule has 1 heteroatoms. The lowest BCUT2D eigenvalue weighted by atomic mass is 9.99. The fourth-order valence-electron chi connectivity index (χ4n) is 1.96. The quantitative estimate of drug-likeness (QED) is 0.657. The number of unbranched alkanes of at least 4 members (excludes halogenated alkanes) is 1. The lowest BCUT2D eigenvalue weighted by Gasteiger charge is -2.18. The summed E-state index contributed by atoms with van der Waals surface area (Å²) < 4.78 is 5.83. The van der Waals surface area contributed by atoms with Crippen LogP contribution in [-0.2, 0) is 4.74 Å². The van der Waals surface area contributed by atoms with Gasteiger partial charge in [0.25, 0.3) is 0 Å². The van der Waals surface area contributed by atoms with Crippen LogP contribution in [0.15, 0.2) is 18.2 Å². The topological polar surface area (TPSA) is 9.23 Å². The number of aryl methyl sites for hydroxylation is 2. The fraction of sp³-hybridized carbons (Fsp3) is 0.571. The molecule has 0 amide bonds. The van der Waals surface area contributed by atoms with E-state index in [1.807, 2.05) is 0 Å². The van der Waals surface area contributed by atoms with E-state index < -0.39 is 0 Å². The minimum Gasteiger partial charge on any atom is -0.374 e. The molecule has 1 aromatic rings. The zero-order chi connectivity index (χ0) is 11.3. The molecule has 1 unspecified atom stereocenters. The van der Waals surface area contributed by atoms with Gasteiger partial charge in [0.15, 0.2) is 0 Å². The summed E-state index contributed by atoms with van der Waals surface area (Å²) in [5, 5.41) is 0. The molecule has 1 rings (SSSR count). The molecule has 0 fully saturated rings. The Morgan fingerprint density at radius 1 is 1.20 bits per heavy atom. The van der Waals surface area contributed by atoms with Crippen molar-refractivity contribution in [3.05, 3.63) is 34.9 Å². The van der Waals surface area contributed by atoms with Gasteiger partial charge in [0.2, 0.25) is 0 Å². The lowest BCUT2D eigenvalue weighted by molar-refractivity contribution is 0.0629. The van der Waals surface area contributed by atoms with Crippen LogP contribution in [-0.4, -0.2) is 6.61 Å². The Morgan fingerprint density at radius 2 is 1.80 bits per heavy atom. The third kappa shape index (κ3) is 3.35. The summed E-state index contributed by atoms with van der Waals surface area (Å²) >= 11 is 0. The van der Waals surface area contributed by atoms with Crippen molar-refractivity contribution in [3.8, 4) is 0 Å². The smallest absolute Gasteiger partial charge is 0.0801 e. The maximum absolute atomic E-state index is 5.83. The average Bonchev–Trinajstić information content (AvgIpc) is 2.18. The van der Waals surface area contributed by atoms with E-state index in [-0.39, 0.29) is 6.10 Å². The Bertz CT molecular complexity index is 284. The van der Waals surface area contributed by atoms with Gasteiger partial charge < -0.3 is 4.74 Å². The Labute approximate surface area is 93.5 Å². The van der Waals surface area contributed by atoms with Gasteiger partial charge in [-0.05, 0) is 43.9 Å². The predicted octanol–water partition coefficient (Wildman–Crippen LogP) is 4.18. The third-order valence-corrected chi connectivity index (χ3v) is 2.81. The number of ether oxygens (including phenoxy) is 1. The van der Waals surface area contributed by atoms with Crippen LogP contribution in [0.3, 0.4) is 0 Å². The van der Waals surface area contributed by atoms with E-state index in [0.717, 1.165) is 13.0 Å². The number of benzene rings is 1. The van der Waals surface area contributed by atoms with Crippen molar-refractivity contribution in [1.29, 1.82) is 0 Å². The molecule has 0 aliphatic heterocycles. The third-order valence-electron chi connectivity index (χ3n) is 2.81. The van der Waals surface area contributed by atoms with Crippen LogP contribution < -0.4 is 0 Å². The van der Waals surface area contributed by atoms with Gasteiger partial charge in [-0.1, -0.05) is 31.5 Å². The maximum atomic E-state index is 5.83. The summed E-state index contributed by atoms with van der Waals surface area (Å²) in [6, 6.07) is 6.41. The summed E-state index contributed by atoms with van der Waals surface area (Å²) in [4.78, 5) is 0. The fourth-order valence-corrected chi connectivity index (χ4v) is 1.96. The molecule has 0 aliphatic carbocycles. The van der Waals surface area contributed by atoms with Gasteiger partial charge in [-0.3, -0.25) is 0 Å². The molecule has 0 saturated carbocycles. The second-order valence-corrected chi connectivity index (χ2v) is 4.17. The van der Waals surface area contributed by atoms with E-state index >= 15 is 0 Å². The van der Waals surface area contributed by atoms with Crippen molar-refractivity contribution < 1.29 is 4.74 Å². The highest BCUT2D eigenvalue weighted by Crippen LogP contribution is 2.24. The molecule has 0 spiro atoms. The maximum Gasteiger partial charge on any atom is 0.0801 e. The van der Waals surface area contributed by atoms with Gasteiger partial charge in [-0.15, -0.1) is 0 Å². The Balaban J connectivity index is 2.68. The van der Waals surface area contributed by atoms with Gasteiger partial charge in [0, 0.05) is 6.61 Å². The first kappa shape index (κ1) is 12.3. The molecule has 15 heavy (non-hydrogen) atoms. The number of hydrogen-bond acceptors (Lipinski definition) is 1. The van der Waals surface area contributed by atoms with Crippen LogP contribution in [0.25, 0.3) is 0 Å². The van der Waals surface area contributed by atoms with Crippen molar-refractivity contribution in [1.82, 2.24) is 0 Å². The van der Waals surface area contributed by atoms with Crippen molar-refractivity contribution >= 4 is 0 Å². The van der Waals surface area contributed by atoms with Crippen molar-refractivity contribution in [2.24, 2.45) is 0 Å². The summed E-state index contributed by atoms with van der Waals surface area (Å²) in [6.07, 6.45) is 2.56. The molecule has 0 aliphatic rings. The molecule has 84 valence electrons. The second-order valence-electron chi connectivity index (χ2n) is 4.17. The van der Waals surface area contributed by atoms with Crippen LogP contribution in [0.1, 0.15) is 49.5 Å². The van der Waals surface area contributed by atoms with Crippen LogP contribution >= 0.6 is 0 Å². The molecule has 0 heterocycles. The first-order valence-corrected chi connectivity index (χ1v) is 5.84. The molecule has 0 saturated heterocycles. The lowest BCUT2D eigenvalue weighted by Crippen LogP contribution is -2.05. The monoisotopic (exact) mass is 206 g/mol. The van der Waals surface area contributed by atoms with E-state index in [9.17, 15) is 0 Å². The number of hydrogen-bond donors (Lipinski definition) is 0. The van der Waals surface area contributed by atoms with Gasteiger partial charge >= 0.3 is 0 Å². The minimum absolute atomic E-state index is 0.220. The summed E-state index contributed by atoms with van der Waals surface area (Å²) in [5.74, 6) is 0. The van der Waals surface area contributed by atoms with Gasteiger partial charge in [-0.2, -0.15) is 0 Å². The van der Waals surface area contributed by atoms with Crippen LogP contribution in [0.4, 0.5) is 0 Å².